The third-order valence-corrected chi connectivity index (χ3v) is 3.41. The minimum atomic E-state index is -0.827. The summed E-state index contributed by atoms with van der Waals surface area (Å²) in [5, 5.41) is 18.6. The predicted octanol–water partition coefficient (Wildman–Crippen LogP) is 1.62. The van der Waals surface area contributed by atoms with Crippen LogP contribution in [0.2, 0.25) is 0 Å². The maximum absolute atomic E-state index is 11.2. The molecule has 0 bridgehead atoms. The lowest BCUT2D eigenvalue weighted by atomic mass is 10.0. The van der Waals surface area contributed by atoms with Crippen LogP contribution < -0.4 is 4.74 Å². The fourth-order valence-electron chi connectivity index (χ4n) is 2.37. The topological polar surface area (TPSA) is 70.0 Å². The first-order valence-electron chi connectivity index (χ1n) is 5.95. The van der Waals surface area contributed by atoms with Crippen molar-refractivity contribution < 1.29 is 19.7 Å². The van der Waals surface area contributed by atoms with Crippen LogP contribution in [0.3, 0.4) is 0 Å². The van der Waals surface area contributed by atoms with Crippen LogP contribution in [0.4, 0.5) is 0 Å². The van der Waals surface area contributed by atoms with E-state index in [-0.39, 0.29) is 11.8 Å². The third kappa shape index (κ3) is 2.13. The van der Waals surface area contributed by atoms with E-state index in [0.29, 0.717) is 18.8 Å². The highest BCUT2D eigenvalue weighted by atomic mass is 16.5. The summed E-state index contributed by atoms with van der Waals surface area (Å²) in [6.45, 7) is 2.27. The number of likely N-dealkylation sites (N-methyl/N-ethyl adjacent to an activating group) is 1. The minimum Gasteiger partial charge on any atom is -0.508 e. The van der Waals surface area contributed by atoms with Gasteiger partial charge in [0, 0.05) is 11.6 Å². The van der Waals surface area contributed by atoms with Crippen LogP contribution in [0.15, 0.2) is 18.2 Å². The first-order chi connectivity index (χ1) is 8.54. The molecule has 1 heterocycles. The quantitative estimate of drug-likeness (QED) is 0.851. The van der Waals surface area contributed by atoms with Gasteiger partial charge in [0.2, 0.25) is 0 Å². The van der Waals surface area contributed by atoms with E-state index < -0.39 is 12.0 Å². The van der Waals surface area contributed by atoms with Gasteiger partial charge in [0.25, 0.3) is 0 Å². The summed E-state index contributed by atoms with van der Waals surface area (Å²) >= 11 is 0. The average Bonchev–Trinajstić information content (AvgIpc) is 2.71. The molecular formula is C13H17NO4. The smallest absolute Gasteiger partial charge is 0.320 e. The third-order valence-electron chi connectivity index (χ3n) is 3.41. The number of hydrogen-bond donors (Lipinski definition) is 2. The molecule has 5 nitrogen and oxygen atoms in total. The molecule has 2 atom stereocenters. The van der Waals surface area contributed by atoms with E-state index in [1.54, 1.807) is 25.2 Å². The van der Waals surface area contributed by atoms with E-state index in [0.717, 1.165) is 5.56 Å². The van der Waals surface area contributed by atoms with Crippen LogP contribution in [0.1, 0.15) is 24.9 Å². The second-order valence-electron chi connectivity index (χ2n) is 4.48. The first-order valence-corrected chi connectivity index (χ1v) is 5.95. The first kappa shape index (κ1) is 12.7. The molecule has 0 amide bonds. The van der Waals surface area contributed by atoms with Crippen LogP contribution in [0.25, 0.3) is 0 Å². The van der Waals surface area contributed by atoms with E-state index in [4.69, 9.17) is 4.74 Å². The van der Waals surface area contributed by atoms with Gasteiger partial charge in [0.15, 0.2) is 0 Å². The van der Waals surface area contributed by atoms with Crippen LogP contribution in [0.5, 0.6) is 11.5 Å². The molecule has 1 aromatic carbocycles. The zero-order valence-corrected chi connectivity index (χ0v) is 10.5. The number of fused-ring (bicyclic) bond motifs is 1. The van der Waals surface area contributed by atoms with Crippen molar-refractivity contribution in [1.29, 1.82) is 0 Å². The van der Waals surface area contributed by atoms with Gasteiger partial charge < -0.3 is 14.9 Å². The highest BCUT2D eigenvalue weighted by Crippen LogP contribution is 2.38. The second kappa shape index (κ2) is 4.86. The lowest BCUT2D eigenvalue weighted by Gasteiger charge is -2.28. The molecule has 98 valence electrons. The van der Waals surface area contributed by atoms with Gasteiger partial charge in [0.05, 0.1) is 6.04 Å². The summed E-state index contributed by atoms with van der Waals surface area (Å²) in [6, 6.07) is 4.33. The average molecular weight is 251 g/mol. The number of aliphatic carboxylic acids is 1. The molecule has 1 aliphatic rings. The Hall–Kier alpha value is -1.75. The molecule has 18 heavy (non-hydrogen) atoms. The molecule has 0 saturated heterocycles. The lowest BCUT2D eigenvalue weighted by Crippen LogP contribution is -2.40. The van der Waals surface area contributed by atoms with Crippen molar-refractivity contribution in [2.75, 3.05) is 13.7 Å². The molecule has 0 fully saturated rings. The number of benzene rings is 1. The Morgan fingerprint density at radius 2 is 2.33 bits per heavy atom. The lowest BCUT2D eigenvalue weighted by molar-refractivity contribution is -0.143. The van der Waals surface area contributed by atoms with Gasteiger partial charge in [-0.2, -0.15) is 0 Å². The molecule has 0 saturated carbocycles. The number of carbonyl (C=O) groups is 1. The Morgan fingerprint density at radius 1 is 1.61 bits per heavy atom. The van der Waals surface area contributed by atoms with Crippen molar-refractivity contribution in [3.8, 4) is 11.5 Å². The van der Waals surface area contributed by atoms with Gasteiger partial charge in [-0.25, -0.2) is 0 Å². The Kier molecular flexibility index (Phi) is 3.43. The summed E-state index contributed by atoms with van der Waals surface area (Å²) < 4.78 is 5.49. The highest BCUT2D eigenvalue weighted by Gasteiger charge is 2.33. The minimum absolute atomic E-state index is 0.0818. The van der Waals surface area contributed by atoms with Crippen molar-refractivity contribution in [3.63, 3.8) is 0 Å². The van der Waals surface area contributed by atoms with Gasteiger partial charge in [-0.3, -0.25) is 9.69 Å². The zero-order valence-electron chi connectivity index (χ0n) is 10.5. The monoisotopic (exact) mass is 251 g/mol. The van der Waals surface area contributed by atoms with E-state index in [1.165, 1.54) is 0 Å². The van der Waals surface area contributed by atoms with Crippen LogP contribution in [-0.4, -0.2) is 40.8 Å². The fraction of sp³-hybridized carbons (Fsp3) is 0.462. The largest absolute Gasteiger partial charge is 0.508 e. The van der Waals surface area contributed by atoms with Crippen LogP contribution in [0, 0.1) is 0 Å². The molecule has 5 heteroatoms. The van der Waals surface area contributed by atoms with Crippen molar-refractivity contribution >= 4 is 5.97 Å². The maximum atomic E-state index is 11.2. The number of nitrogens with zero attached hydrogens (tertiary/aromatic N) is 1. The van der Waals surface area contributed by atoms with Gasteiger partial charge in [0.1, 0.15) is 24.1 Å². The fourth-order valence-corrected chi connectivity index (χ4v) is 2.37. The molecule has 1 aliphatic heterocycles. The normalized spacial score (nSPS) is 19.4. The van der Waals surface area contributed by atoms with Gasteiger partial charge in [-0.1, -0.05) is 6.92 Å². The van der Waals surface area contributed by atoms with E-state index >= 15 is 0 Å². The molecule has 0 aromatic heterocycles. The van der Waals surface area contributed by atoms with Crippen LogP contribution >= 0.6 is 0 Å². The maximum Gasteiger partial charge on any atom is 0.320 e. The highest BCUT2D eigenvalue weighted by molar-refractivity contribution is 5.73. The predicted molar refractivity (Wildman–Crippen MR) is 65.8 cm³/mol. The summed E-state index contributed by atoms with van der Waals surface area (Å²) in [5.41, 5.74) is 0.926. The van der Waals surface area contributed by atoms with Crippen molar-refractivity contribution in [3.05, 3.63) is 23.8 Å². The van der Waals surface area contributed by atoms with Gasteiger partial charge in [-0.05, 0) is 25.6 Å². The van der Waals surface area contributed by atoms with Crippen molar-refractivity contribution in [1.82, 2.24) is 4.90 Å². The molecular weight excluding hydrogens is 234 g/mol. The van der Waals surface area contributed by atoms with Crippen LogP contribution in [-0.2, 0) is 4.79 Å². The van der Waals surface area contributed by atoms with Crippen molar-refractivity contribution in [2.24, 2.45) is 0 Å². The van der Waals surface area contributed by atoms with E-state index in [9.17, 15) is 15.0 Å². The number of aromatic hydroxyl groups is 1. The van der Waals surface area contributed by atoms with E-state index in [2.05, 4.69) is 0 Å². The second-order valence-corrected chi connectivity index (χ2v) is 4.48. The molecule has 0 radical (unpaired) electrons. The number of phenols is 1. The summed E-state index contributed by atoms with van der Waals surface area (Å²) in [7, 11) is 1.79. The molecule has 2 N–H and O–H groups in total. The summed E-state index contributed by atoms with van der Waals surface area (Å²) in [6.07, 6.45) is 0.537. The summed E-state index contributed by atoms with van der Waals surface area (Å²) in [5.74, 6) is -0.0401. The molecule has 2 unspecified atom stereocenters. The summed E-state index contributed by atoms with van der Waals surface area (Å²) in [4.78, 5) is 13.0. The zero-order chi connectivity index (χ0) is 13.3. The standard InChI is InChI=1S/C13H17NO4/c1-3-10(13(16)17)14(2)11-7-18-12-6-8(15)4-5-9(11)12/h4-6,10-11,15H,3,7H2,1-2H3,(H,16,17). The van der Waals surface area contributed by atoms with Gasteiger partial charge >= 0.3 is 5.97 Å². The van der Waals surface area contributed by atoms with E-state index in [1.807, 2.05) is 11.8 Å². The number of carboxylic acid groups (broad SMARTS) is 1. The molecule has 0 aliphatic carbocycles. The number of ether oxygens (including phenoxy) is 1. The Bertz CT molecular complexity index is 460. The Morgan fingerprint density at radius 3 is 2.94 bits per heavy atom. The Labute approximate surface area is 106 Å². The van der Waals surface area contributed by atoms with Crippen molar-refractivity contribution in [2.45, 2.75) is 25.4 Å². The molecule has 0 spiro atoms. The SMILES string of the molecule is CCC(C(=O)O)N(C)C1COc2cc(O)ccc21. The number of rotatable bonds is 4. The molecule has 1 aromatic rings. The number of hydrogen-bond acceptors (Lipinski definition) is 4. The Balaban J connectivity index is 2.25. The number of carboxylic acids is 1. The molecule has 2 rings (SSSR count). The number of phenolic OH excluding ortho intramolecular Hbond substituents is 1. The van der Waals surface area contributed by atoms with Gasteiger partial charge in [-0.15, -0.1) is 0 Å².